The number of hydrogen-bond acceptors (Lipinski definition) is 7. The third kappa shape index (κ3) is 4.90. The fraction of sp³-hybridized carbons (Fsp3) is 0.438. The van der Waals surface area contributed by atoms with Crippen LogP contribution in [-0.2, 0) is 28.8 Å². The average Bonchev–Trinajstić information content (AvgIpc) is 3.71. The smallest absolute Gasteiger partial charge is 0.411 e. The fourth-order valence-corrected chi connectivity index (χ4v) is 5.88. The molecule has 1 aliphatic heterocycles. The number of pyridine rings is 1. The van der Waals surface area contributed by atoms with Gasteiger partial charge in [-0.15, -0.1) is 0 Å². The van der Waals surface area contributed by atoms with Gasteiger partial charge in [0, 0.05) is 44.0 Å². The number of aromatic nitrogens is 5. The zero-order valence-electron chi connectivity index (χ0n) is 25.4. The van der Waals surface area contributed by atoms with Gasteiger partial charge in [0.2, 0.25) is 5.95 Å². The van der Waals surface area contributed by atoms with Crippen molar-refractivity contribution in [3.05, 3.63) is 81.3 Å². The molecule has 11 heteroatoms. The number of amides is 1. The molecule has 11 nitrogen and oxygen atoms in total. The maximum absolute atomic E-state index is 13.3. The van der Waals surface area contributed by atoms with Gasteiger partial charge in [0.25, 0.3) is 11.1 Å². The molecule has 0 saturated heterocycles. The van der Waals surface area contributed by atoms with E-state index in [4.69, 9.17) is 16.3 Å². The van der Waals surface area contributed by atoms with Gasteiger partial charge in [0.15, 0.2) is 5.65 Å². The number of benzene rings is 1. The summed E-state index contributed by atoms with van der Waals surface area (Å²) < 4.78 is 9.08. The highest BCUT2D eigenvalue weighted by atomic mass is 16.6. The molecule has 0 bridgehead atoms. The second kappa shape index (κ2) is 9.93. The minimum absolute atomic E-state index is 0.181. The minimum atomic E-state index is -0.567. The van der Waals surface area contributed by atoms with E-state index in [1.807, 2.05) is 65.8 Å². The average molecular weight is 581 g/mol. The summed E-state index contributed by atoms with van der Waals surface area (Å²) in [7, 11) is 0. The predicted octanol–water partition coefficient (Wildman–Crippen LogP) is 5.68. The first kappa shape index (κ1) is 28.4. The number of ether oxygens (including phenoxy) is 1. The van der Waals surface area contributed by atoms with Gasteiger partial charge in [-0.2, -0.15) is 4.98 Å². The summed E-state index contributed by atoms with van der Waals surface area (Å²) in [4.78, 5) is 45.6. The van der Waals surface area contributed by atoms with Gasteiger partial charge in [-0.1, -0.05) is 6.07 Å². The van der Waals surface area contributed by atoms with Gasteiger partial charge in [-0.05, 0) is 83.4 Å². The zero-order valence-corrected chi connectivity index (χ0v) is 25.4. The molecule has 0 atom stereocenters. The second-order valence-corrected chi connectivity index (χ2v) is 12.7. The van der Waals surface area contributed by atoms with E-state index in [0.717, 1.165) is 35.3 Å². The Hall–Kier alpha value is -4.72. The Kier molecular flexibility index (Phi) is 6.56. The normalized spacial score (nSPS) is 16.8. The van der Waals surface area contributed by atoms with Gasteiger partial charge >= 0.3 is 6.09 Å². The molecule has 1 N–H and O–H groups in total. The van der Waals surface area contributed by atoms with Crippen LogP contribution in [0.3, 0.4) is 0 Å². The molecule has 2 aliphatic rings. The van der Waals surface area contributed by atoms with Crippen molar-refractivity contribution >= 4 is 28.8 Å². The molecule has 1 aromatic carbocycles. The first-order valence-corrected chi connectivity index (χ1v) is 14.6. The van der Waals surface area contributed by atoms with Crippen LogP contribution in [0.15, 0.2) is 47.5 Å². The van der Waals surface area contributed by atoms with E-state index in [2.05, 4.69) is 26.2 Å². The summed E-state index contributed by atoms with van der Waals surface area (Å²) in [5.41, 5.74) is 3.05. The van der Waals surface area contributed by atoms with Crippen LogP contribution in [0.1, 0.15) is 71.2 Å². The number of rotatable bonds is 5. The first-order chi connectivity index (χ1) is 20.4. The lowest BCUT2D eigenvalue weighted by molar-refractivity contribution is -0.000301. The van der Waals surface area contributed by atoms with Crippen LogP contribution in [0.5, 0.6) is 0 Å². The van der Waals surface area contributed by atoms with Crippen LogP contribution >= 0.6 is 0 Å². The van der Waals surface area contributed by atoms with E-state index >= 15 is 0 Å². The molecule has 222 valence electrons. The molecule has 1 fully saturated rings. The zero-order chi connectivity index (χ0) is 30.7. The molecular formula is C32H36N8O3. The number of anilines is 2. The predicted molar refractivity (Wildman–Crippen MR) is 164 cm³/mol. The number of nitrogens with one attached hydrogen (secondary N) is 1. The molecule has 1 aliphatic carbocycles. The van der Waals surface area contributed by atoms with Crippen molar-refractivity contribution in [2.75, 3.05) is 11.9 Å². The van der Waals surface area contributed by atoms with Crippen LogP contribution in [0.4, 0.5) is 16.4 Å². The van der Waals surface area contributed by atoms with E-state index in [-0.39, 0.29) is 11.7 Å². The maximum atomic E-state index is 13.3. The van der Waals surface area contributed by atoms with Crippen LogP contribution in [0.25, 0.3) is 21.6 Å². The largest absolute Gasteiger partial charge is 0.444 e. The van der Waals surface area contributed by atoms with Crippen LogP contribution in [0.2, 0.25) is 0 Å². The van der Waals surface area contributed by atoms with Crippen molar-refractivity contribution in [2.45, 2.75) is 84.0 Å². The molecule has 4 aromatic rings. The fourth-order valence-electron chi connectivity index (χ4n) is 5.88. The third-order valence-electron chi connectivity index (χ3n) is 8.29. The van der Waals surface area contributed by atoms with Crippen molar-refractivity contribution in [3.8, 4) is 5.69 Å². The number of carbonyl (C=O) groups excluding carboxylic acids is 1. The SMILES string of the molecule is [C-]#[N+]C1(c2cc(-n3c4nc(Nc5ccc6c(c5)CCN(C(=O)OC(C)(C)C)C6(C)C)ncc4c(=O)n3CC)ccn2)CC1. The quantitative estimate of drug-likeness (QED) is 0.303. The third-order valence-corrected chi connectivity index (χ3v) is 8.29. The van der Waals surface area contributed by atoms with E-state index in [0.29, 0.717) is 42.2 Å². The van der Waals surface area contributed by atoms with E-state index < -0.39 is 16.7 Å². The molecule has 43 heavy (non-hydrogen) atoms. The number of fused-ring (bicyclic) bond motifs is 2. The van der Waals surface area contributed by atoms with Crippen molar-refractivity contribution < 1.29 is 9.53 Å². The van der Waals surface area contributed by atoms with Crippen molar-refractivity contribution in [2.24, 2.45) is 0 Å². The van der Waals surface area contributed by atoms with Crippen LogP contribution < -0.4 is 10.9 Å². The summed E-state index contributed by atoms with van der Waals surface area (Å²) in [6, 6.07) is 9.76. The van der Waals surface area contributed by atoms with Crippen LogP contribution in [0, 0.1) is 6.57 Å². The molecule has 6 rings (SSSR count). The number of nitrogens with zero attached hydrogens (tertiary/aromatic N) is 7. The van der Waals surface area contributed by atoms with Gasteiger partial charge in [-0.25, -0.2) is 25.7 Å². The number of carbonyl (C=O) groups is 1. The molecule has 1 amide bonds. The van der Waals surface area contributed by atoms with Gasteiger partial charge < -0.3 is 14.9 Å². The monoisotopic (exact) mass is 580 g/mol. The Morgan fingerprint density at radius 3 is 2.60 bits per heavy atom. The van der Waals surface area contributed by atoms with Crippen molar-refractivity contribution in [1.82, 2.24) is 29.2 Å². The summed E-state index contributed by atoms with van der Waals surface area (Å²) in [6.07, 6.45) is 5.17. The Bertz CT molecular complexity index is 1850. The molecule has 4 heterocycles. The standard InChI is InChI=1S/C32H36N8O3/c1-8-39-27(41)23-19-35-28(37-26(23)40(39)22-11-15-34-25(18-22)32(33-7)13-14-32)36-21-9-10-24-20(17-21)12-16-38(31(24,5)6)29(42)43-30(2,3)4/h9-11,15,17-19H,8,12-14,16H2,1-6H3,(H,35,36,37). The number of hydrogen-bond donors (Lipinski definition) is 1. The van der Waals surface area contributed by atoms with Gasteiger partial charge in [-0.3, -0.25) is 14.7 Å². The van der Waals surface area contributed by atoms with Crippen LogP contribution in [-0.4, -0.2) is 47.5 Å². The highest BCUT2D eigenvalue weighted by Crippen LogP contribution is 2.49. The summed E-state index contributed by atoms with van der Waals surface area (Å²) in [5.74, 6) is 0.356. The molecule has 1 saturated carbocycles. The molecule has 0 unspecified atom stereocenters. The maximum Gasteiger partial charge on any atom is 0.411 e. The van der Waals surface area contributed by atoms with Gasteiger partial charge in [0.05, 0.1) is 11.2 Å². The first-order valence-electron chi connectivity index (χ1n) is 14.6. The van der Waals surface area contributed by atoms with Crippen molar-refractivity contribution in [1.29, 1.82) is 0 Å². The van der Waals surface area contributed by atoms with E-state index in [9.17, 15) is 9.59 Å². The Labute approximate surface area is 250 Å². The highest BCUT2D eigenvalue weighted by Gasteiger charge is 2.54. The van der Waals surface area contributed by atoms with Crippen molar-refractivity contribution in [3.63, 3.8) is 0 Å². The highest BCUT2D eigenvalue weighted by molar-refractivity contribution is 5.77. The Morgan fingerprint density at radius 1 is 1.16 bits per heavy atom. The Balaban J connectivity index is 1.33. The lowest BCUT2D eigenvalue weighted by Crippen LogP contribution is -2.51. The summed E-state index contributed by atoms with van der Waals surface area (Å²) in [5, 5.41) is 3.72. The lowest BCUT2D eigenvalue weighted by atomic mass is 9.83. The molecule has 3 aromatic heterocycles. The Morgan fingerprint density at radius 2 is 1.93 bits per heavy atom. The van der Waals surface area contributed by atoms with E-state index in [1.165, 1.54) is 0 Å². The molecule has 0 radical (unpaired) electrons. The summed E-state index contributed by atoms with van der Waals surface area (Å²) >= 11 is 0. The van der Waals surface area contributed by atoms with Gasteiger partial charge in [0.1, 0.15) is 16.7 Å². The summed E-state index contributed by atoms with van der Waals surface area (Å²) in [6.45, 7) is 20.2. The molecule has 0 spiro atoms. The lowest BCUT2D eigenvalue weighted by Gasteiger charge is -2.44. The van der Waals surface area contributed by atoms with E-state index in [1.54, 1.807) is 26.7 Å². The molecular weight excluding hydrogens is 544 g/mol. The minimum Gasteiger partial charge on any atom is -0.444 e. The topological polar surface area (TPSA) is 112 Å². The second-order valence-electron chi connectivity index (χ2n) is 12.7.